The highest BCUT2D eigenvalue weighted by Gasteiger charge is 2.69. The summed E-state index contributed by atoms with van der Waals surface area (Å²) in [5.74, 6) is 0.930. The molecule has 192 valence electrons. The second-order valence-corrected chi connectivity index (χ2v) is 13.8. The maximum absolute atomic E-state index is 13.9. The first-order chi connectivity index (χ1) is 15.6. The Kier molecular flexibility index (Phi) is 6.09. The fraction of sp³-hybridized carbons (Fsp3) is 0.897. The first kappa shape index (κ1) is 25.7. The zero-order chi connectivity index (χ0) is 25.3. The molecule has 5 heteroatoms. The van der Waals surface area contributed by atoms with Crippen LogP contribution in [0.3, 0.4) is 0 Å². The van der Waals surface area contributed by atoms with Gasteiger partial charge in [0.15, 0.2) is 0 Å². The fourth-order valence-electron chi connectivity index (χ4n) is 9.68. The van der Waals surface area contributed by atoms with Crippen molar-refractivity contribution in [1.82, 2.24) is 0 Å². The van der Waals surface area contributed by atoms with Gasteiger partial charge in [-0.1, -0.05) is 34.6 Å². The molecule has 0 aromatic rings. The number of esters is 2. The number of rotatable bonds is 3. The summed E-state index contributed by atoms with van der Waals surface area (Å²) in [6.07, 6.45) is 8.03. The van der Waals surface area contributed by atoms with Crippen LogP contribution in [0.5, 0.6) is 0 Å². The Morgan fingerprint density at radius 3 is 2.09 bits per heavy atom. The normalized spacial score (nSPS) is 47.6. The van der Waals surface area contributed by atoms with Gasteiger partial charge in [0, 0.05) is 25.2 Å². The van der Waals surface area contributed by atoms with Gasteiger partial charge in [0.05, 0.1) is 5.41 Å². The molecule has 0 N–H and O–H groups in total. The quantitative estimate of drug-likeness (QED) is 0.461. The average Bonchev–Trinajstić information content (AvgIpc) is 2.73. The lowest BCUT2D eigenvalue weighted by atomic mass is 9.33. The average molecular weight is 475 g/mol. The van der Waals surface area contributed by atoms with Crippen LogP contribution >= 0.6 is 0 Å². The van der Waals surface area contributed by atoms with Crippen molar-refractivity contribution in [2.75, 3.05) is 6.61 Å². The van der Waals surface area contributed by atoms with Gasteiger partial charge in [0.25, 0.3) is 0 Å². The van der Waals surface area contributed by atoms with E-state index in [9.17, 15) is 14.4 Å². The van der Waals surface area contributed by atoms with Crippen molar-refractivity contribution >= 4 is 17.7 Å². The third-order valence-electron chi connectivity index (χ3n) is 11.8. The largest absolute Gasteiger partial charge is 0.465 e. The molecule has 0 amide bonds. The predicted molar refractivity (Wildman–Crippen MR) is 131 cm³/mol. The van der Waals surface area contributed by atoms with E-state index in [1.807, 2.05) is 6.92 Å². The van der Waals surface area contributed by atoms with Crippen molar-refractivity contribution in [3.8, 4) is 0 Å². The number of carbonyl (C=O) groups is 3. The van der Waals surface area contributed by atoms with Gasteiger partial charge in [-0.3, -0.25) is 14.4 Å². The van der Waals surface area contributed by atoms with E-state index in [1.54, 1.807) is 0 Å². The van der Waals surface area contributed by atoms with E-state index in [-0.39, 0.29) is 52.2 Å². The van der Waals surface area contributed by atoms with Crippen LogP contribution in [0.25, 0.3) is 0 Å². The molecule has 8 unspecified atom stereocenters. The Hall–Kier alpha value is -1.39. The van der Waals surface area contributed by atoms with Crippen LogP contribution in [0.15, 0.2) is 0 Å². The zero-order valence-electron chi connectivity index (χ0n) is 22.7. The molecular weight excluding hydrogens is 428 g/mol. The number of ether oxygens (including phenoxy) is 2. The van der Waals surface area contributed by atoms with Crippen molar-refractivity contribution in [1.29, 1.82) is 0 Å². The van der Waals surface area contributed by atoms with Crippen LogP contribution in [0.1, 0.15) is 107 Å². The highest BCUT2D eigenvalue weighted by Crippen LogP contribution is 2.74. The standard InChI is InChI=1S/C29H46O5/c1-18(30)33-17-26(5)15-16-28(7)20(24(26)32)9-10-22-27(6)13-12-23(34-19(2)31)25(3,4)21(27)11-14-29(22,28)8/h20-23H,9-17H2,1-8H3. The number of fused-ring (bicyclic) bond motifs is 5. The van der Waals surface area contributed by atoms with E-state index in [0.717, 1.165) is 51.4 Å². The minimum Gasteiger partial charge on any atom is -0.465 e. The summed E-state index contributed by atoms with van der Waals surface area (Å²) in [4.78, 5) is 37.2. The summed E-state index contributed by atoms with van der Waals surface area (Å²) in [5, 5.41) is 0. The summed E-state index contributed by atoms with van der Waals surface area (Å²) < 4.78 is 11.2. The molecule has 4 aliphatic rings. The van der Waals surface area contributed by atoms with Crippen LogP contribution in [-0.2, 0) is 23.9 Å². The fourth-order valence-corrected chi connectivity index (χ4v) is 9.68. The summed E-state index contributed by atoms with van der Waals surface area (Å²) in [6.45, 7) is 17.2. The summed E-state index contributed by atoms with van der Waals surface area (Å²) in [5.41, 5.74) is -0.368. The predicted octanol–water partition coefficient (Wildman–Crippen LogP) is 6.13. The minimum atomic E-state index is -0.565. The molecule has 4 rings (SSSR count). The van der Waals surface area contributed by atoms with Gasteiger partial charge in [-0.15, -0.1) is 0 Å². The lowest BCUT2D eigenvalue weighted by Gasteiger charge is -2.71. The molecule has 5 nitrogen and oxygen atoms in total. The van der Waals surface area contributed by atoms with Crippen molar-refractivity contribution in [2.45, 2.75) is 113 Å². The molecule has 0 bridgehead atoms. The van der Waals surface area contributed by atoms with Gasteiger partial charge < -0.3 is 9.47 Å². The van der Waals surface area contributed by atoms with Crippen LogP contribution in [0.2, 0.25) is 0 Å². The highest BCUT2D eigenvalue weighted by molar-refractivity contribution is 5.89. The number of hydrogen-bond acceptors (Lipinski definition) is 5. The Labute approximate surface area is 206 Å². The second-order valence-electron chi connectivity index (χ2n) is 13.8. The first-order valence-corrected chi connectivity index (χ1v) is 13.5. The van der Waals surface area contributed by atoms with Crippen molar-refractivity contribution in [3.05, 3.63) is 0 Å². The van der Waals surface area contributed by atoms with E-state index < -0.39 is 5.41 Å². The van der Waals surface area contributed by atoms with Crippen molar-refractivity contribution in [3.63, 3.8) is 0 Å². The molecule has 0 radical (unpaired) electrons. The van der Waals surface area contributed by atoms with E-state index in [1.165, 1.54) is 13.8 Å². The maximum atomic E-state index is 13.9. The van der Waals surface area contributed by atoms with Crippen LogP contribution in [-0.4, -0.2) is 30.4 Å². The van der Waals surface area contributed by atoms with Crippen LogP contribution in [0, 0.1) is 44.8 Å². The number of hydrogen-bond donors (Lipinski definition) is 0. The van der Waals surface area contributed by atoms with E-state index >= 15 is 0 Å². The van der Waals surface area contributed by atoms with E-state index in [4.69, 9.17) is 9.47 Å². The van der Waals surface area contributed by atoms with Gasteiger partial charge in [-0.05, 0) is 86.4 Å². The zero-order valence-corrected chi connectivity index (χ0v) is 22.7. The molecule has 0 aromatic carbocycles. The molecular formula is C29H46O5. The monoisotopic (exact) mass is 474 g/mol. The van der Waals surface area contributed by atoms with Crippen molar-refractivity contribution < 1.29 is 23.9 Å². The summed E-state index contributed by atoms with van der Waals surface area (Å²) in [7, 11) is 0. The van der Waals surface area contributed by atoms with Crippen molar-refractivity contribution in [2.24, 2.45) is 44.8 Å². The van der Waals surface area contributed by atoms with Crippen LogP contribution < -0.4 is 0 Å². The van der Waals surface area contributed by atoms with Gasteiger partial charge >= 0.3 is 11.9 Å². The SMILES string of the molecule is CC(=O)OCC1(C)CCC2(C)C(CCC3C4(C)CCC(OC(C)=O)C(C)(C)C4CCC32C)C1=O. The molecule has 0 saturated heterocycles. The Morgan fingerprint density at radius 2 is 1.47 bits per heavy atom. The third kappa shape index (κ3) is 3.50. The molecule has 8 atom stereocenters. The Bertz CT molecular complexity index is 878. The van der Waals surface area contributed by atoms with E-state index in [0.29, 0.717) is 17.6 Å². The molecule has 0 aromatic heterocycles. The first-order valence-electron chi connectivity index (χ1n) is 13.5. The van der Waals surface area contributed by atoms with Gasteiger partial charge in [-0.25, -0.2) is 0 Å². The van der Waals surface area contributed by atoms with E-state index in [2.05, 4.69) is 34.6 Å². The minimum absolute atomic E-state index is 0.0161. The number of carbonyl (C=O) groups excluding carboxylic acids is 3. The van der Waals surface area contributed by atoms with Gasteiger partial charge in [0.1, 0.15) is 18.5 Å². The lowest BCUT2D eigenvalue weighted by molar-refractivity contribution is -0.236. The molecule has 0 heterocycles. The maximum Gasteiger partial charge on any atom is 0.302 e. The molecule has 4 fully saturated rings. The Morgan fingerprint density at radius 1 is 0.794 bits per heavy atom. The molecule has 4 saturated carbocycles. The third-order valence-corrected chi connectivity index (χ3v) is 11.8. The molecule has 0 aliphatic heterocycles. The van der Waals surface area contributed by atoms with Gasteiger partial charge in [-0.2, -0.15) is 0 Å². The lowest BCUT2D eigenvalue weighted by Crippen LogP contribution is -2.67. The highest BCUT2D eigenvalue weighted by atomic mass is 16.5. The molecule has 0 spiro atoms. The van der Waals surface area contributed by atoms with Crippen LogP contribution in [0.4, 0.5) is 0 Å². The summed E-state index contributed by atoms with van der Waals surface area (Å²) in [6, 6.07) is 0. The summed E-state index contributed by atoms with van der Waals surface area (Å²) >= 11 is 0. The topological polar surface area (TPSA) is 69.7 Å². The van der Waals surface area contributed by atoms with Gasteiger partial charge in [0.2, 0.25) is 0 Å². The smallest absolute Gasteiger partial charge is 0.302 e. The second kappa shape index (κ2) is 8.06. The number of ketones is 1. The number of Topliss-reactive ketones (excluding diaryl/α,β-unsaturated/α-hetero) is 1. The molecule has 34 heavy (non-hydrogen) atoms. The Balaban J connectivity index is 1.64. The molecule has 4 aliphatic carbocycles.